The minimum Gasteiger partial charge on any atom is -0.456 e. The molecule has 1 unspecified atom stereocenters. The van der Waals surface area contributed by atoms with Gasteiger partial charge in [-0.1, -0.05) is 98.7 Å². The Bertz CT molecular complexity index is 9760. The number of rotatable bonds is 8. The second-order valence-corrected chi connectivity index (χ2v) is 36.8. The Morgan fingerprint density at radius 3 is 1.12 bits per heavy atom. The molecule has 25 rings (SSSR count). The molecule has 12 aromatic heterocycles. The molecule has 0 saturated heterocycles. The number of nitrogens with zero attached hydrogens (tertiary/aromatic N) is 6. The summed E-state index contributed by atoms with van der Waals surface area (Å²) in [6, 6.07) is 90.4. The van der Waals surface area contributed by atoms with Crippen molar-refractivity contribution in [2.24, 2.45) is 42.3 Å². The van der Waals surface area contributed by atoms with E-state index in [2.05, 4.69) is 110 Å². The van der Waals surface area contributed by atoms with E-state index in [1.807, 2.05) is 209 Å². The number of aryl methyl sites for hydroxylation is 14. The van der Waals surface area contributed by atoms with Crippen LogP contribution in [0, 0.1) is 97.1 Å². The summed E-state index contributed by atoms with van der Waals surface area (Å²) in [4.78, 5) is 0. The van der Waals surface area contributed by atoms with Gasteiger partial charge in [-0.05, 0) is 239 Å². The van der Waals surface area contributed by atoms with Crippen LogP contribution in [0.25, 0.3) is 210 Å². The van der Waals surface area contributed by atoms with Gasteiger partial charge in [0.15, 0.2) is 36.3 Å². The normalized spacial score (nSPS) is 12.8. The Morgan fingerprint density at radius 1 is 0.271 bits per heavy atom. The molecule has 0 aliphatic heterocycles. The lowest BCUT2D eigenvalue weighted by Gasteiger charge is -2.10. The molecule has 0 bridgehead atoms. The third-order valence-corrected chi connectivity index (χ3v) is 27.3. The molecule has 0 amide bonds. The molecule has 0 radical (unpaired) electrons. The lowest BCUT2D eigenvalue weighted by molar-refractivity contribution is -0.666. The number of pyridine rings is 6. The Kier molecular flexibility index (Phi) is 23.1. The van der Waals surface area contributed by atoms with Crippen LogP contribution in [0.15, 0.2) is 355 Å². The third-order valence-electron chi connectivity index (χ3n) is 27.3. The predicted molar refractivity (Wildman–Crippen MR) is 564 cm³/mol. The maximum absolute atomic E-state index is 14.8. The van der Waals surface area contributed by atoms with E-state index in [9.17, 15) is 26.3 Å². The summed E-state index contributed by atoms with van der Waals surface area (Å²) in [5.41, 5.74) is 30.8. The van der Waals surface area contributed by atoms with Gasteiger partial charge in [0.1, 0.15) is 138 Å². The van der Waals surface area contributed by atoms with Gasteiger partial charge in [-0.15, -0.1) is 0 Å². The van der Waals surface area contributed by atoms with E-state index >= 15 is 0 Å². The fraction of sp³-hybridized carbons (Fsp3) is 0.143. The van der Waals surface area contributed by atoms with Crippen LogP contribution in [0.2, 0.25) is 0 Å². The van der Waals surface area contributed by atoms with Crippen molar-refractivity contribution >= 4 is 132 Å². The molecule has 712 valence electrons. The van der Waals surface area contributed by atoms with Crippen LogP contribution in [0.1, 0.15) is 85.0 Å². The lowest BCUT2D eigenvalue weighted by atomic mass is 9.95. The molecule has 25 aromatic rings. The largest absolute Gasteiger partial charge is 0.456 e. The van der Waals surface area contributed by atoms with E-state index < -0.39 is 19.6 Å². The summed E-state index contributed by atoms with van der Waals surface area (Å²) in [5.74, 6) is -3.54. The highest BCUT2D eigenvalue weighted by Gasteiger charge is 2.30. The van der Waals surface area contributed by atoms with Gasteiger partial charge < -0.3 is 26.5 Å². The second-order valence-electron chi connectivity index (χ2n) is 36.8. The molecule has 0 aliphatic carbocycles. The van der Waals surface area contributed by atoms with Crippen molar-refractivity contribution in [2.75, 3.05) is 0 Å². The number of halogens is 6. The van der Waals surface area contributed by atoms with E-state index in [4.69, 9.17) is 36.1 Å². The molecule has 18 heteroatoms. The van der Waals surface area contributed by atoms with Gasteiger partial charge >= 0.3 is 0 Å². The molecule has 0 aliphatic rings. The fourth-order valence-corrected chi connectivity index (χ4v) is 20.0. The predicted octanol–water partition coefficient (Wildman–Crippen LogP) is 30.9. The SMILES string of the molecule is Cc1ccc2oc3c(-c4ccccc4)c(F)ccc3c2c1-c1cccc[n+]1C.Cc1ccc2oc3c(C)c(F)ccc3c2c1-c1cccc[n+]1C.Cc1ccc2oc3cc(F)ccc3c2c1-c1ccc(F)c[n+]1C.Cc1ccc2oc3cc(F)ccc3c2c1-c1cccc(C)[n+]1C.[2H]C([2H])([2H])C([2H])(C)c1cc[n+](C)c(-c2c(C)ccc3oc4cc(F)ccc4c23)c1.[2H]C([2H])([2H])c1ccc(-c2c(C)ccc3oc4ccccc4c23)[n+](C)c1. The Balaban J connectivity index is 0.000000110. The maximum Gasteiger partial charge on any atom is 0.213 e. The summed E-state index contributed by atoms with van der Waals surface area (Å²) in [5, 5.41) is 11.5. The number of furan rings is 6. The van der Waals surface area contributed by atoms with Gasteiger partial charge in [0, 0.05) is 171 Å². The first-order valence-corrected chi connectivity index (χ1v) is 47.3. The summed E-state index contributed by atoms with van der Waals surface area (Å²) in [6.45, 7) is 13.0. The number of hydrogen-bond donors (Lipinski definition) is 0. The Morgan fingerprint density at radius 2 is 0.646 bits per heavy atom. The van der Waals surface area contributed by atoms with E-state index in [1.54, 1.807) is 73.4 Å². The van der Waals surface area contributed by atoms with Crippen LogP contribution in [-0.2, 0) is 42.3 Å². The first kappa shape index (κ1) is 86.3. The molecule has 0 spiro atoms. The van der Waals surface area contributed by atoms with E-state index in [-0.39, 0.29) is 34.9 Å². The number of hydrogen-bond acceptors (Lipinski definition) is 6. The highest BCUT2D eigenvalue weighted by atomic mass is 19.1. The van der Waals surface area contributed by atoms with Crippen molar-refractivity contribution in [3.05, 3.63) is 419 Å². The van der Waals surface area contributed by atoms with Crippen LogP contribution in [0.4, 0.5) is 26.3 Å². The first-order chi connectivity index (χ1) is 72.2. The summed E-state index contributed by atoms with van der Waals surface area (Å²) >= 11 is 0. The van der Waals surface area contributed by atoms with Crippen molar-refractivity contribution in [1.82, 2.24) is 0 Å². The minimum atomic E-state index is -2.47. The second kappa shape index (κ2) is 38.6. The fourth-order valence-electron chi connectivity index (χ4n) is 20.0. The van der Waals surface area contributed by atoms with E-state index in [0.29, 0.717) is 61.3 Å². The van der Waals surface area contributed by atoms with Gasteiger partial charge in [-0.25, -0.2) is 44.6 Å². The smallest absolute Gasteiger partial charge is 0.213 e. The first-order valence-electron chi connectivity index (χ1n) is 50.8. The molecule has 0 N–H and O–H groups in total. The van der Waals surface area contributed by atoms with Gasteiger partial charge in [0.2, 0.25) is 40.4 Å². The molecule has 12 nitrogen and oxygen atoms in total. The van der Waals surface area contributed by atoms with Crippen LogP contribution < -0.4 is 27.4 Å². The van der Waals surface area contributed by atoms with Crippen LogP contribution in [0.5, 0.6) is 0 Å². The highest BCUT2D eigenvalue weighted by Crippen LogP contribution is 2.47. The Labute approximate surface area is 838 Å². The minimum absolute atomic E-state index is 0.236. The van der Waals surface area contributed by atoms with Crippen molar-refractivity contribution in [2.45, 2.75) is 81.9 Å². The molecular formula is C126H106F6N6O6+6. The number of aromatic nitrogens is 6. The third kappa shape index (κ3) is 17.5. The van der Waals surface area contributed by atoms with Crippen LogP contribution in [-0.4, -0.2) is 0 Å². The zero-order valence-corrected chi connectivity index (χ0v) is 82.1. The van der Waals surface area contributed by atoms with Crippen molar-refractivity contribution in [3.63, 3.8) is 0 Å². The summed E-state index contributed by atoms with van der Waals surface area (Å²) < 4.78 is 185. The number of benzene rings is 13. The Hall–Kier alpha value is -16.9. The number of para-hydroxylation sites is 1. The quantitative estimate of drug-likeness (QED) is 0.111. The van der Waals surface area contributed by atoms with Gasteiger partial charge in [-0.2, -0.15) is 9.13 Å². The zero-order chi connectivity index (χ0) is 107. The average Bonchev–Trinajstić information content (AvgIpc) is 1.56. The molecule has 1 atom stereocenters. The average molecular weight is 1920 g/mol. The van der Waals surface area contributed by atoms with E-state index in [0.717, 1.165) is 188 Å². The van der Waals surface area contributed by atoms with Crippen LogP contribution >= 0.6 is 0 Å². The highest BCUT2D eigenvalue weighted by molar-refractivity contribution is 6.19. The molecule has 0 saturated carbocycles. The summed E-state index contributed by atoms with van der Waals surface area (Å²) in [6.07, 6.45) is 8.95. The monoisotopic (exact) mass is 1920 g/mol. The molecular weight excluding hydrogens is 1810 g/mol. The van der Waals surface area contributed by atoms with Crippen molar-refractivity contribution in [1.29, 1.82) is 0 Å². The lowest BCUT2D eigenvalue weighted by Crippen LogP contribution is -2.34. The zero-order valence-electron chi connectivity index (χ0n) is 89.1. The topological polar surface area (TPSA) is 102 Å². The van der Waals surface area contributed by atoms with Crippen molar-refractivity contribution in [3.8, 4) is 78.7 Å². The summed E-state index contributed by atoms with van der Waals surface area (Å²) in [7, 11) is 11.7. The molecule has 13 aromatic carbocycles. The number of fused-ring (bicyclic) bond motifs is 18. The molecule has 0 fully saturated rings. The van der Waals surface area contributed by atoms with Crippen LogP contribution in [0.3, 0.4) is 0 Å². The van der Waals surface area contributed by atoms with E-state index in [1.165, 1.54) is 84.5 Å². The maximum atomic E-state index is 14.8. The van der Waals surface area contributed by atoms with Gasteiger partial charge in [-0.3, -0.25) is 0 Å². The molecule has 144 heavy (non-hydrogen) atoms. The van der Waals surface area contributed by atoms with Gasteiger partial charge in [0.05, 0.1) is 38.9 Å². The molecule has 12 heterocycles. The van der Waals surface area contributed by atoms with Crippen molar-refractivity contribution < 1.29 is 89.8 Å². The standard InChI is InChI=1S/C25H19FNO.C22H21FNO.2C20H17FNO.C20H18NO.C19H14F2NO/c1-16-11-14-21-24(22(16)20-10-6-7-15-27(20)2)18-12-13-19(26)23(25(18)28-21)17-8-4-3-5-9-17;1-13(2)15-9-10-24(4)18(11-15)21-14(3)5-8-19-22(21)17-7-6-16(23)12-20(17)25-19;1-12-7-10-17-20(15-9-8-14(21)11-18(15)23-17)19(12)16-6-4-5-13(2)22(16)3;1-12-7-10-17-19(18(12)16-6-4-5-11-22(16)3)14-8-9-15(21)13(2)20(14)23-17;1-13-8-10-16(21(3)12-13)19-14(2)9-11-18-20(19)15-6-4-5-7-17(15)22-18;1-11-3-8-16-19(14-6-4-12(20)9-17(14)23-16)18(11)15-7-5-13(21)10-22(15)2/h3-15H,1-2H3;5-13H,1-4H3;2*4-11H,1-3H3;4-12H,1-3H3;3-10H,1-2H3/q6*+1/i;1D3,13D;;;1D3;. The van der Waals surface area contributed by atoms with Gasteiger partial charge in [0.25, 0.3) is 0 Å².